The first kappa shape index (κ1) is 16.0. The van der Waals surface area contributed by atoms with Gasteiger partial charge in [0.2, 0.25) is 0 Å². The Morgan fingerprint density at radius 1 is 0.750 bits per heavy atom. The monoisotopic (exact) mass is 270 g/mol. The maximum Gasteiger partial charge on any atom is 0.115 e. The second kappa shape index (κ2) is 10.8. The van der Waals surface area contributed by atoms with Crippen LogP contribution >= 0.6 is 0 Å². The summed E-state index contributed by atoms with van der Waals surface area (Å²) in [6.45, 7) is 5.65. The van der Waals surface area contributed by atoms with E-state index >= 15 is 0 Å². The van der Waals surface area contributed by atoms with Crippen molar-refractivity contribution in [1.82, 2.24) is 0 Å². The Labute approximate surface area is 122 Å². The molecule has 0 N–H and O–H groups in total. The van der Waals surface area contributed by atoms with Gasteiger partial charge in [0.05, 0.1) is 0 Å². The van der Waals surface area contributed by atoms with E-state index in [4.69, 9.17) is 9.47 Å². The molecule has 0 atom stereocenters. The van der Waals surface area contributed by atoms with Crippen molar-refractivity contribution >= 4 is 0 Å². The number of unbranched alkanes of at least 4 members (excludes halogenated alkanes) is 2. The molecule has 20 heavy (non-hydrogen) atoms. The van der Waals surface area contributed by atoms with Gasteiger partial charge in [-0.25, -0.2) is 0 Å². The Kier molecular flexibility index (Phi) is 8.66. The highest BCUT2D eigenvalue weighted by Gasteiger charge is 1.89. The van der Waals surface area contributed by atoms with Crippen LogP contribution in [0.25, 0.3) is 0 Å². The van der Waals surface area contributed by atoms with Gasteiger partial charge in [-0.2, -0.15) is 0 Å². The molecule has 2 heteroatoms. The molecule has 0 amide bonds. The van der Waals surface area contributed by atoms with Crippen molar-refractivity contribution < 1.29 is 9.47 Å². The molecule has 1 aromatic carbocycles. The van der Waals surface area contributed by atoms with Crippen LogP contribution in [0.3, 0.4) is 0 Å². The number of benzene rings is 1. The molecule has 0 unspecified atom stereocenters. The summed E-state index contributed by atoms with van der Waals surface area (Å²) in [6.07, 6.45) is 9.75. The van der Waals surface area contributed by atoms with Crippen molar-refractivity contribution in [3.63, 3.8) is 0 Å². The fourth-order valence-corrected chi connectivity index (χ4v) is 1.36. The first-order chi connectivity index (χ1) is 9.86. The van der Waals surface area contributed by atoms with Gasteiger partial charge in [-0.1, -0.05) is 26.7 Å². The summed E-state index contributed by atoms with van der Waals surface area (Å²) in [4.78, 5) is 0. The van der Waals surface area contributed by atoms with E-state index in [-0.39, 0.29) is 0 Å². The van der Waals surface area contributed by atoms with Crippen LogP contribution < -0.4 is 0 Å². The molecule has 0 radical (unpaired) electrons. The van der Waals surface area contributed by atoms with Crippen molar-refractivity contribution in [2.24, 2.45) is 0 Å². The van der Waals surface area contributed by atoms with Gasteiger partial charge in [0, 0.05) is 11.1 Å². The third-order valence-corrected chi connectivity index (χ3v) is 2.62. The molecule has 0 fully saturated rings. The summed E-state index contributed by atoms with van der Waals surface area (Å²) < 4.78 is 10.4. The lowest BCUT2D eigenvalue weighted by molar-refractivity contribution is 0.270. The lowest BCUT2D eigenvalue weighted by atomic mass is 10.1. The van der Waals surface area contributed by atoms with Crippen LogP contribution in [-0.4, -0.2) is 13.2 Å². The van der Waals surface area contributed by atoms with E-state index in [1.165, 1.54) is 0 Å². The van der Waals surface area contributed by atoms with E-state index in [9.17, 15) is 0 Å². The highest BCUT2D eigenvalue weighted by Crippen LogP contribution is 2.02. The smallest absolute Gasteiger partial charge is 0.115 e. The van der Waals surface area contributed by atoms with E-state index in [0.717, 1.165) is 36.8 Å². The zero-order chi connectivity index (χ0) is 14.5. The fourth-order valence-electron chi connectivity index (χ4n) is 1.36. The van der Waals surface area contributed by atoms with Gasteiger partial charge in [-0.05, 0) is 48.9 Å². The predicted octanol–water partition coefficient (Wildman–Crippen LogP) is 3.94. The van der Waals surface area contributed by atoms with Crippen LogP contribution in [0.5, 0.6) is 0 Å². The average Bonchev–Trinajstić information content (AvgIpc) is 2.48. The summed E-state index contributed by atoms with van der Waals surface area (Å²) in [5.74, 6) is 5.93. The highest BCUT2D eigenvalue weighted by molar-refractivity contribution is 5.40. The summed E-state index contributed by atoms with van der Waals surface area (Å²) in [6, 6.07) is 7.75. The van der Waals surface area contributed by atoms with Crippen molar-refractivity contribution in [3.8, 4) is 24.1 Å². The molecule has 0 bridgehead atoms. The number of rotatable bonds is 6. The molecule has 0 aliphatic carbocycles. The number of ether oxygens (including phenoxy) is 2. The van der Waals surface area contributed by atoms with Crippen LogP contribution in [0.1, 0.15) is 50.7 Å². The molecule has 0 spiro atoms. The van der Waals surface area contributed by atoms with Gasteiger partial charge in [0.25, 0.3) is 0 Å². The molecule has 1 aromatic rings. The fraction of sp³-hybridized carbons (Fsp3) is 0.444. The standard InChI is InChI=1S/C18H22O2/c1-3-5-13-19-15-11-17-7-9-18(10-8-17)12-16-20-14-6-4-2/h7-10H,3-6,13-14H2,1-2H3. The molecular formula is C18H22O2. The van der Waals surface area contributed by atoms with E-state index in [0.29, 0.717) is 13.2 Å². The summed E-state index contributed by atoms with van der Waals surface area (Å²) in [5, 5.41) is 0. The van der Waals surface area contributed by atoms with E-state index in [1.54, 1.807) is 0 Å². The molecular weight excluding hydrogens is 248 g/mol. The molecule has 0 saturated carbocycles. The molecule has 2 nitrogen and oxygen atoms in total. The van der Waals surface area contributed by atoms with Crippen molar-refractivity contribution in [2.75, 3.05) is 13.2 Å². The third-order valence-electron chi connectivity index (χ3n) is 2.62. The minimum atomic E-state index is 0.697. The van der Waals surface area contributed by atoms with Crippen molar-refractivity contribution in [1.29, 1.82) is 0 Å². The van der Waals surface area contributed by atoms with Crippen LogP contribution in [0.2, 0.25) is 0 Å². The van der Waals surface area contributed by atoms with E-state index < -0.39 is 0 Å². The van der Waals surface area contributed by atoms with E-state index in [2.05, 4.69) is 37.9 Å². The van der Waals surface area contributed by atoms with E-state index in [1.807, 2.05) is 24.3 Å². The lowest BCUT2D eigenvalue weighted by Gasteiger charge is -1.95. The molecule has 106 valence electrons. The van der Waals surface area contributed by atoms with Crippen LogP contribution in [0, 0.1) is 24.1 Å². The van der Waals surface area contributed by atoms with Crippen LogP contribution in [0.15, 0.2) is 24.3 Å². The Balaban J connectivity index is 2.39. The van der Waals surface area contributed by atoms with Gasteiger partial charge in [0.15, 0.2) is 0 Å². The number of hydrogen-bond donors (Lipinski definition) is 0. The first-order valence-electron chi connectivity index (χ1n) is 7.22. The summed E-state index contributed by atoms with van der Waals surface area (Å²) in [7, 11) is 0. The minimum Gasteiger partial charge on any atom is -0.446 e. The maximum absolute atomic E-state index is 5.20. The predicted molar refractivity (Wildman–Crippen MR) is 81.9 cm³/mol. The minimum absolute atomic E-state index is 0.697. The second-order valence-electron chi connectivity index (χ2n) is 4.44. The van der Waals surface area contributed by atoms with Gasteiger partial charge in [0.1, 0.15) is 25.4 Å². The zero-order valence-corrected chi connectivity index (χ0v) is 12.4. The number of hydrogen-bond acceptors (Lipinski definition) is 2. The topological polar surface area (TPSA) is 18.5 Å². The Morgan fingerprint density at radius 2 is 1.15 bits per heavy atom. The Hall–Kier alpha value is -2.06. The molecule has 0 aliphatic rings. The summed E-state index contributed by atoms with van der Waals surface area (Å²) >= 11 is 0. The Morgan fingerprint density at radius 3 is 1.50 bits per heavy atom. The maximum atomic E-state index is 5.20. The normalized spacial score (nSPS) is 8.90. The molecule has 0 aromatic heterocycles. The van der Waals surface area contributed by atoms with Crippen LogP contribution in [-0.2, 0) is 9.47 Å². The van der Waals surface area contributed by atoms with Crippen molar-refractivity contribution in [2.45, 2.75) is 39.5 Å². The Bertz CT molecular complexity index is 433. The molecule has 0 saturated heterocycles. The molecule has 0 aliphatic heterocycles. The molecule has 0 heterocycles. The van der Waals surface area contributed by atoms with Crippen molar-refractivity contribution in [3.05, 3.63) is 35.4 Å². The third kappa shape index (κ3) is 7.39. The zero-order valence-electron chi connectivity index (χ0n) is 12.4. The molecule has 1 rings (SSSR count). The highest BCUT2D eigenvalue weighted by atomic mass is 16.5. The van der Waals surface area contributed by atoms with Gasteiger partial charge < -0.3 is 9.47 Å². The summed E-state index contributed by atoms with van der Waals surface area (Å²) in [5.41, 5.74) is 1.86. The second-order valence-corrected chi connectivity index (χ2v) is 4.44. The van der Waals surface area contributed by atoms with Gasteiger partial charge >= 0.3 is 0 Å². The average molecular weight is 270 g/mol. The van der Waals surface area contributed by atoms with Gasteiger partial charge in [-0.15, -0.1) is 0 Å². The SMILES string of the molecule is CCCCOC#Cc1ccc(C#COCCCC)cc1. The lowest BCUT2D eigenvalue weighted by Crippen LogP contribution is -1.86. The van der Waals surface area contributed by atoms with Crippen LogP contribution in [0.4, 0.5) is 0 Å². The first-order valence-corrected chi connectivity index (χ1v) is 7.22. The largest absolute Gasteiger partial charge is 0.446 e. The quantitative estimate of drug-likeness (QED) is 0.576. The van der Waals surface area contributed by atoms with Gasteiger partial charge in [-0.3, -0.25) is 0 Å².